The van der Waals surface area contributed by atoms with Crippen LogP contribution in [0.15, 0.2) is 48.8 Å². The second-order valence-corrected chi connectivity index (χ2v) is 9.14. The molecule has 2 aromatic heterocycles. The molecule has 9 heteroatoms. The van der Waals surface area contributed by atoms with Crippen LogP contribution in [0.5, 0.6) is 11.5 Å². The maximum Gasteiger partial charge on any atom is 0.125 e. The first-order valence-electron chi connectivity index (χ1n) is 11.3. The third kappa shape index (κ3) is 7.63. The van der Waals surface area contributed by atoms with E-state index >= 15 is 0 Å². The van der Waals surface area contributed by atoms with Crippen LogP contribution in [0.1, 0.15) is 36.8 Å². The van der Waals surface area contributed by atoms with Gasteiger partial charge in [0.05, 0.1) is 11.1 Å². The Balaban J connectivity index is 0.00000253. The molecule has 0 saturated carbocycles. The molecule has 0 fully saturated rings. The minimum atomic E-state index is 0. The molecule has 38 heavy (non-hydrogen) atoms. The first-order valence-corrected chi connectivity index (χ1v) is 12.1. The molecule has 6 nitrogen and oxygen atoms in total. The number of hydrogen-bond donors (Lipinski definition) is 2. The zero-order valence-electron chi connectivity index (χ0n) is 21.3. The molecule has 2 N–H and O–H groups in total. The predicted molar refractivity (Wildman–Crippen MR) is 149 cm³/mol. The number of phenolic OH excluding ortho intramolecular Hbond substituents is 2. The van der Waals surface area contributed by atoms with Crippen molar-refractivity contribution in [3.8, 4) is 57.7 Å². The number of benzene rings is 2. The molecule has 195 valence electrons. The molecule has 0 spiro atoms. The van der Waals surface area contributed by atoms with Crippen molar-refractivity contribution in [3.63, 3.8) is 0 Å². The van der Waals surface area contributed by atoms with E-state index in [-0.39, 0.29) is 37.5 Å². The van der Waals surface area contributed by atoms with E-state index in [0.717, 1.165) is 24.0 Å². The molecule has 2 heterocycles. The Labute approximate surface area is 245 Å². The van der Waals surface area contributed by atoms with Gasteiger partial charge in [0.15, 0.2) is 0 Å². The number of halogens is 2. The maximum absolute atomic E-state index is 10.2. The van der Waals surface area contributed by atoms with Crippen molar-refractivity contribution < 1.29 is 28.8 Å². The third-order valence-corrected chi connectivity index (χ3v) is 5.85. The molecule has 0 saturated heterocycles. The summed E-state index contributed by atoms with van der Waals surface area (Å²) in [5.74, 6) is 12.9. The van der Waals surface area contributed by atoms with Gasteiger partial charge in [-0.15, -0.1) is 0 Å². The molecule has 0 aliphatic carbocycles. The molecule has 0 atom stereocenters. The van der Waals surface area contributed by atoms with E-state index in [9.17, 15) is 10.2 Å². The topological polar surface area (TPSA) is 76.1 Å². The first kappa shape index (κ1) is 31.0. The summed E-state index contributed by atoms with van der Waals surface area (Å²) in [7, 11) is 3.63. The molecule has 2 aromatic carbocycles. The summed E-state index contributed by atoms with van der Waals surface area (Å²) in [6.07, 6.45) is 6.89. The Kier molecular flexibility index (Phi) is 11.4. The van der Waals surface area contributed by atoms with Crippen molar-refractivity contribution in [2.45, 2.75) is 25.7 Å². The second kappa shape index (κ2) is 14.1. The summed E-state index contributed by atoms with van der Waals surface area (Å²) in [6.45, 7) is 0. The molecule has 0 unspecified atom stereocenters. The summed E-state index contributed by atoms with van der Waals surface area (Å²) in [5, 5.41) is 30.4. The van der Waals surface area contributed by atoms with Gasteiger partial charge in [-0.05, 0) is 49.2 Å². The summed E-state index contributed by atoms with van der Waals surface area (Å²) in [5.41, 5.74) is 3.81. The van der Waals surface area contributed by atoms with Gasteiger partial charge in [-0.1, -0.05) is 46.9 Å². The van der Waals surface area contributed by atoms with E-state index in [2.05, 4.69) is 33.9 Å². The minimum Gasteiger partial charge on any atom is -0.507 e. The van der Waals surface area contributed by atoms with E-state index in [4.69, 9.17) is 23.2 Å². The second-order valence-electron chi connectivity index (χ2n) is 8.26. The predicted octanol–water partition coefficient (Wildman–Crippen LogP) is 6.62. The summed E-state index contributed by atoms with van der Waals surface area (Å²) in [6, 6.07) is 9.74. The van der Waals surface area contributed by atoms with E-state index < -0.39 is 0 Å². The third-order valence-electron chi connectivity index (χ3n) is 5.38. The van der Waals surface area contributed by atoms with Crippen LogP contribution >= 0.6 is 23.2 Å². The van der Waals surface area contributed by atoms with Gasteiger partial charge in [0.25, 0.3) is 0 Å². The Morgan fingerprint density at radius 3 is 1.53 bits per heavy atom. The van der Waals surface area contributed by atoms with Crippen LogP contribution in [0.3, 0.4) is 0 Å². The van der Waals surface area contributed by atoms with Crippen molar-refractivity contribution in [2.24, 2.45) is 14.1 Å². The van der Waals surface area contributed by atoms with Crippen LogP contribution in [-0.2, 0) is 32.7 Å². The van der Waals surface area contributed by atoms with Gasteiger partial charge >= 0.3 is 0 Å². The quantitative estimate of drug-likeness (QED) is 0.157. The smallest absolute Gasteiger partial charge is 0.125 e. The van der Waals surface area contributed by atoms with Crippen molar-refractivity contribution in [3.05, 3.63) is 77.4 Å². The molecular weight excluding hydrogens is 558 g/mol. The normalized spacial score (nSPS) is 9.89. The van der Waals surface area contributed by atoms with Crippen molar-refractivity contribution in [1.82, 2.24) is 19.6 Å². The van der Waals surface area contributed by atoms with Crippen LogP contribution in [-0.4, -0.2) is 29.8 Å². The SMILES string of the molecule is Cn1cc(C#CCCCCC#Cc2cn(C)nc2-c2cc(Cl)ccc2O)c(-c2cc(Cl)ccc2O)n1.[CH3-].[V]. The fraction of sp³-hybridized carbons (Fsp3) is 0.207. The average Bonchev–Trinajstić information content (AvgIpc) is 3.40. The Hall–Kier alpha value is -3.26. The Morgan fingerprint density at radius 1 is 0.737 bits per heavy atom. The maximum atomic E-state index is 10.2. The number of nitrogens with zero attached hydrogens (tertiary/aromatic N) is 4. The van der Waals surface area contributed by atoms with Crippen molar-refractivity contribution >= 4 is 23.2 Å². The molecule has 0 bridgehead atoms. The van der Waals surface area contributed by atoms with Crippen molar-refractivity contribution in [2.75, 3.05) is 0 Å². The van der Waals surface area contributed by atoms with Gasteiger partial charge < -0.3 is 17.6 Å². The molecule has 1 radical (unpaired) electrons. The van der Waals surface area contributed by atoms with Gasteiger partial charge in [-0.25, -0.2) is 0 Å². The van der Waals surface area contributed by atoms with E-state index in [1.165, 1.54) is 0 Å². The van der Waals surface area contributed by atoms with Crippen molar-refractivity contribution in [1.29, 1.82) is 0 Å². The Morgan fingerprint density at radius 2 is 1.13 bits per heavy atom. The number of rotatable bonds is 5. The van der Waals surface area contributed by atoms with Gasteiger partial charge in [-0.2, -0.15) is 10.2 Å². The number of phenols is 2. The Bertz CT molecular complexity index is 1420. The summed E-state index contributed by atoms with van der Waals surface area (Å²) in [4.78, 5) is 0. The standard InChI is InChI=1S/C28H24Cl2N4O2.CH3.V/c1-33-17-19(27(31-33)23-15-21(29)11-13-25(23)35)9-7-5-3-4-6-8-10-20-18-34(2)32-28(20)24-16-22(30)12-14-26(24)36;;/h11-18,35-36H,3-6H2,1-2H3;1H3;/q;-1;. The molecular formula is C29H27Cl2N4O2V-. The minimum absolute atomic E-state index is 0. The first-order chi connectivity index (χ1) is 17.3. The molecule has 0 aliphatic rings. The fourth-order valence-electron chi connectivity index (χ4n) is 3.70. The number of aromatic hydroxyl groups is 2. The zero-order valence-corrected chi connectivity index (χ0v) is 24.2. The molecule has 0 amide bonds. The van der Waals surface area contributed by atoms with E-state index in [0.29, 0.717) is 45.4 Å². The average molecular weight is 585 g/mol. The summed E-state index contributed by atoms with van der Waals surface area (Å²) >= 11 is 12.2. The zero-order chi connectivity index (χ0) is 25.7. The van der Waals surface area contributed by atoms with Gasteiger partial charge in [0, 0.05) is 79.1 Å². The monoisotopic (exact) mass is 584 g/mol. The largest absolute Gasteiger partial charge is 0.507 e. The van der Waals surface area contributed by atoms with Crippen LogP contribution in [0.25, 0.3) is 22.5 Å². The number of aryl methyl sites for hydroxylation is 2. The van der Waals surface area contributed by atoms with Crippen LogP contribution in [0, 0.1) is 31.1 Å². The van der Waals surface area contributed by atoms with Crippen LogP contribution in [0.4, 0.5) is 0 Å². The van der Waals surface area contributed by atoms with Crippen LogP contribution < -0.4 is 0 Å². The van der Waals surface area contributed by atoms with Crippen LogP contribution in [0.2, 0.25) is 10.0 Å². The van der Waals surface area contributed by atoms with E-state index in [1.807, 2.05) is 26.5 Å². The number of unbranched alkanes of at least 4 members (excludes halogenated alkanes) is 3. The molecule has 4 aromatic rings. The molecule has 0 aliphatic heterocycles. The summed E-state index contributed by atoms with van der Waals surface area (Å²) < 4.78 is 3.34. The van der Waals surface area contributed by atoms with E-state index in [1.54, 1.807) is 45.8 Å². The molecule has 4 rings (SSSR count). The van der Waals surface area contributed by atoms with Gasteiger partial charge in [0.2, 0.25) is 0 Å². The number of hydrogen-bond acceptors (Lipinski definition) is 4. The number of aromatic nitrogens is 4. The van der Waals surface area contributed by atoms with Gasteiger partial charge in [-0.3, -0.25) is 9.36 Å². The fourth-order valence-corrected chi connectivity index (χ4v) is 4.04. The van der Waals surface area contributed by atoms with Gasteiger partial charge in [0.1, 0.15) is 22.9 Å².